The van der Waals surface area contributed by atoms with Gasteiger partial charge < -0.3 is 14.8 Å². The molecule has 2 aliphatic rings. The summed E-state index contributed by atoms with van der Waals surface area (Å²) in [5.41, 5.74) is 5.48. The van der Waals surface area contributed by atoms with Crippen LogP contribution in [-0.4, -0.2) is 36.0 Å². The van der Waals surface area contributed by atoms with Crippen LogP contribution in [0.25, 0.3) is 0 Å². The average molecular weight is 410 g/mol. The zero-order valence-electron chi connectivity index (χ0n) is 15.7. The molecule has 1 saturated carbocycles. The van der Waals surface area contributed by atoms with Gasteiger partial charge in [-0.25, -0.2) is 0 Å². The second kappa shape index (κ2) is 9.50. The van der Waals surface area contributed by atoms with Gasteiger partial charge in [0, 0.05) is 10.9 Å². The second-order valence-electron chi connectivity index (χ2n) is 7.11. The second-order valence-corrected chi connectivity index (χ2v) is 8.57. The van der Waals surface area contributed by atoms with Gasteiger partial charge in [0.1, 0.15) is 13.2 Å². The molecule has 6 nitrogen and oxygen atoms in total. The summed E-state index contributed by atoms with van der Waals surface area (Å²) in [6.07, 6.45) is 3.60. The first kappa shape index (κ1) is 20.1. The van der Waals surface area contributed by atoms with Gasteiger partial charge in [0.25, 0.3) is 0 Å². The minimum Gasteiger partial charge on any atom is -0.486 e. The van der Waals surface area contributed by atoms with E-state index in [1.165, 1.54) is 24.6 Å². The highest BCUT2D eigenvalue weighted by Gasteiger charge is 2.27. The Hall–Kier alpha value is -1.67. The molecule has 1 amide bonds. The molecule has 1 fully saturated rings. The molecule has 1 heterocycles. The lowest BCUT2D eigenvalue weighted by Gasteiger charge is -2.35. The van der Waals surface area contributed by atoms with Crippen LogP contribution in [0.15, 0.2) is 23.1 Å². The molecule has 3 atom stereocenters. The van der Waals surface area contributed by atoms with E-state index in [0.29, 0.717) is 36.2 Å². The van der Waals surface area contributed by atoms with E-state index in [4.69, 9.17) is 21.7 Å². The summed E-state index contributed by atoms with van der Waals surface area (Å²) in [7, 11) is 0. The number of benzene rings is 1. The summed E-state index contributed by atoms with van der Waals surface area (Å²) >= 11 is 6.75. The Morgan fingerprint density at radius 1 is 1.19 bits per heavy atom. The third-order valence-corrected chi connectivity index (χ3v) is 6.44. The number of nitrogens with one attached hydrogen (secondary N) is 3. The highest BCUT2D eigenvalue weighted by atomic mass is 32.2. The highest BCUT2D eigenvalue weighted by Crippen LogP contribution is 2.34. The molecule has 0 unspecified atom stereocenters. The van der Waals surface area contributed by atoms with Crippen molar-refractivity contribution >= 4 is 35.0 Å². The Morgan fingerprint density at radius 2 is 1.96 bits per heavy atom. The Bertz CT molecular complexity index is 686. The van der Waals surface area contributed by atoms with Crippen LogP contribution in [0.2, 0.25) is 0 Å². The molecular weight excluding hydrogens is 382 g/mol. The number of thioether (sulfide) groups is 1. The maximum atomic E-state index is 12.1. The summed E-state index contributed by atoms with van der Waals surface area (Å²) in [5, 5.41) is 3.80. The van der Waals surface area contributed by atoms with Gasteiger partial charge >= 0.3 is 0 Å². The molecule has 8 heteroatoms. The first-order chi connectivity index (χ1) is 13.0. The van der Waals surface area contributed by atoms with Crippen molar-refractivity contribution in [2.45, 2.75) is 44.0 Å². The minimum absolute atomic E-state index is 0.135. The number of hydrazine groups is 1. The molecule has 1 aromatic rings. The monoisotopic (exact) mass is 409 g/mol. The van der Waals surface area contributed by atoms with Crippen LogP contribution >= 0.6 is 24.0 Å². The van der Waals surface area contributed by atoms with Gasteiger partial charge in [-0.2, -0.15) is 0 Å². The number of hydrogen-bond acceptors (Lipinski definition) is 5. The lowest BCUT2D eigenvalue weighted by molar-refractivity contribution is -0.119. The third-order valence-electron chi connectivity index (χ3n) is 5.22. The topological polar surface area (TPSA) is 71.6 Å². The Morgan fingerprint density at radius 3 is 2.78 bits per heavy atom. The molecule has 0 bridgehead atoms. The van der Waals surface area contributed by atoms with Crippen molar-refractivity contribution in [1.82, 2.24) is 16.2 Å². The standard InChI is InChI=1S/C19H27N3O3S2/c1-12-4-3-5-15(13(12)2)20-19(26)22-21-18(23)11-27-14-6-7-16-17(10-14)25-9-8-24-16/h6-7,10,12-13,15H,3-5,8-9,11H2,1-2H3,(H,21,23)(H2,20,22,26)/t12-,13-,15-/m1/s1. The predicted octanol–water partition coefficient (Wildman–Crippen LogP) is 2.87. The molecule has 0 aromatic heterocycles. The van der Waals surface area contributed by atoms with Crippen LogP contribution in [0.1, 0.15) is 33.1 Å². The fraction of sp³-hybridized carbons (Fsp3) is 0.579. The molecule has 1 aliphatic heterocycles. The fourth-order valence-electron chi connectivity index (χ4n) is 3.42. The molecule has 0 radical (unpaired) electrons. The maximum absolute atomic E-state index is 12.1. The minimum atomic E-state index is -0.135. The molecule has 148 valence electrons. The summed E-state index contributed by atoms with van der Waals surface area (Å²) in [6, 6.07) is 6.06. The highest BCUT2D eigenvalue weighted by molar-refractivity contribution is 8.00. The first-order valence-corrected chi connectivity index (χ1v) is 10.8. The molecule has 3 N–H and O–H groups in total. The maximum Gasteiger partial charge on any atom is 0.248 e. The van der Waals surface area contributed by atoms with Crippen molar-refractivity contribution < 1.29 is 14.3 Å². The van der Waals surface area contributed by atoms with E-state index >= 15 is 0 Å². The molecule has 3 rings (SSSR count). The van der Waals surface area contributed by atoms with Gasteiger partial charge in [-0.3, -0.25) is 15.6 Å². The molecule has 1 aromatic carbocycles. The zero-order chi connectivity index (χ0) is 19.2. The molecule has 27 heavy (non-hydrogen) atoms. The summed E-state index contributed by atoms with van der Waals surface area (Å²) in [5.74, 6) is 2.89. The van der Waals surface area contributed by atoms with Crippen molar-refractivity contribution in [1.29, 1.82) is 0 Å². The molecule has 0 spiro atoms. The number of thiocarbonyl (C=S) groups is 1. The van der Waals surface area contributed by atoms with Crippen molar-refractivity contribution in [3.63, 3.8) is 0 Å². The van der Waals surface area contributed by atoms with E-state index < -0.39 is 0 Å². The van der Waals surface area contributed by atoms with Gasteiger partial charge in [0.2, 0.25) is 5.91 Å². The SMILES string of the molecule is C[C@@H]1[C@H](C)CCC[C@H]1NC(=S)NNC(=O)CSc1ccc2c(c1)OCCO2. The summed E-state index contributed by atoms with van der Waals surface area (Å²) in [6.45, 7) is 5.66. The summed E-state index contributed by atoms with van der Waals surface area (Å²) in [4.78, 5) is 13.0. The number of fused-ring (bicyclic) bond motifs is 1. The number of carbonyl (C=O) groups is 1. The van der Waals surface area contributed by atoms with Crippen LogP contribution in [-0.2, 0) is 4.79 Å². The van der Waals surface area contributed by atoms with E-state index in [2.05, 4.69) is 30.0 Å². The van der Waals surface area contributed by atoms with E-state index in [1.54, 1.807) is 0 Å². The van der Waals surface area contributed by atoms with Crippen molar-refractivity contribution in [2.24, 2.45) is 11.8 Å². The number of rotatable bonds is 4. The van der Waals surface area contributed by atoms with Crippen molar-refractivity contribution in [2.75, 3.05) is 19.0 Å². The van der Waals surface area contributed by atoms with Crippen molar-refractivity contribution in [3.05, 3.63) is 18.2 Å². The Labute approximate surface area is 170 Å². The van der Waals surface area contributed by atoms with E-state index in [9.17, 15) is 4.79 Å². The van der Waals surface area contributed by atoms with E-state index in [0.717, 1.165) is 22.8 Å². The molecule has 0 saturated heterocycles. The molecule has 1 aliphatic carbocycles. The number of carbonyl (C=O) groups excluding carboxylic acids is 1. The zero-order valence-corrected chi connectivity index (χ0v) is 17.4. The van der Waals surface area contributed by atoms with Gasteiger partial charge in [-0.05, 0) is 48.7 Å². The van der Waals surface area contributed by atoms with Crippen LogP contribution in [0.5, 0.6) is 11.5 Å². The van der Waals surface area contributed by atoms with Crippen molar-refractivity contribution in [3.8, 4) is 11.5 Å². The lowest BCUT2D eigenvalue weighted by Crippen LogP contribution is -2.52. The van der Waals surface area contributed by atoms with E-state index in [-0.39, 0.29) is 11.7 Å². The van der Waals surface area contributed by atoms with Gasteiger partial charge in [0.05, 0.1) is 5.75 Å². The third kappa shape index (κ3) is 5.65. The quantitative estimate of drug-likeness (QED) is 0.401. The van der Waals surface area contributed by atoms with Gasteiger partial charge in [-0.15, -0.1) is 11.8 Å². The first-order valence-electron chi connectivity index (χ1n) is 9.40. The predicted molar refractivity (Wildman–Crippen MR) is 111 cm³/mol. The number of ether oxygens (including phenoxy) is 2. The normalized spacial score (nSPS) is 24.0. The van der Waals surface area contributed by atoms with Crippen LogP contribution in [0.4, 0.5) is 0 Å². The average Bonchev–Trinajstić information content (AvgIpc) is 2.68. The van der Waals surface area contributed by atoms with Gasteiger partial charge in [0.15, 0.2) is 16.6 Å². The Kier molecular flexibility index (Phi) is 7.07. The lowest BCUT2D eigenvalue weighted by atomic mass is 9.78. The fourth-order valence-corrected chi connectivity index (χ4v) is 4.34. The largest absolute Gasteiger partial charge is 0.486 e. The smallest absolute Gasteiger partial charge is 0.248 e. The number of hydrogen-bond donors (Lipinski definition) is 3. The Balaban J connectivity index is 1.38. The molecular formula is C19H27N3O3S2. The van der Waals surface area contributed by atoms with Crippen LogP contribution in [0.3, 0.4) is 0 Å². The van der Waals surface area contributed by atoms with Crippen LogP contribution in [0, 0.1) is 11.8 Å². The van der Waals surface area contributed by atoms with E-state index in [1.807, 2.05) is 18.2 Å². The summed E-state index contributed by atoms with van der Waals surface area (Å²) < 4.78 is 11.1. The number of amides is 1. The van der Waals surface area contributed by atoms with Crippen LogP contribution < -0.4 is 25.6 Å². The van der Waals surface area contributed by atoms with Gasteiger partial charge in [-0.1, -0.05) is 26.7 Å².